The number of methoxy groups -OCH3 is 1. The van der Waals surface area contributed by atoms with E-state index in [1.54, 1.807) is 12.1 Å². The van der Waals surface area contributed by atoms with Gasteiger partial charge in [-0.1, -0.05) is 18.2 Å². The molecule has 170 valence electrons. The van der Waals surface area contributed by atoms with Crippen molar-refractivity contribution in [2.45, 2.75) is 43.6 Å². The van der Waals surface area contributed by atoms with Crippen molar-refractivity contribution in [3.8, 4) is 11.5 Å². The summed E-state index contributed by atoms with van der Waals surface area (Å²) in [6.45, 7) is 0.378. The molecule has 1 fully saturated rings. The van der Waals surface area contributed by atoms with Crippen LogP contribution in [0, 0.1) is 5.82 Å². The molecule has 0 saturated heterocycles. The Balaban J connectivity index is 1.45. The topological polar surface area (TPSA) is 111 Å². The van der Waals surface area contributed by atoms with Crippen LogP contribution in [0.3, 0.4) is 0 Å². The Hall–Kier alpha value is -1.96. The van der Waals surface area contributed by atoms with E-state index in [-0.39, 0.29) is 24.1 Å². The van der Waals surface area contributed by atoms with Gasteiger partial charge >= 0.3 is 7.82 Å². The van der Waals surface area contributed by atoms with Crippen LogP contribution >= 0.6 is 7.82 Å². The van der Waals surface area contributed by atoms with E-state index >= 15 is 0 Å². The maximum Gasteiger partial charge on any atom is 0.469 e. The van der Waals surface area contributed by atoms with Crippen molar-refractivity contribution in [1.29, 1.82) is 0 Å². The molecule has 2 atom stereocenters. The average molecular weight is 453 g/mol. The van der Waals surface area contributed by atoms with Gasteiger partial charge in [0.15, 0.2) is 11.6 Å². The monoisotopic (exact) mass is 453 g/mol. The number of halogens is 1. The molecule has 0 spiro atoms. The molecule has 0 heterocycles. The number of ether oxygens (including phenoxy) is 2. The third-order valence-corrected chi connectivity index (χ3v) is 6.07. The fourth-order valence-electron chi connectivity index (χ4n) is 3.95. The molecule has 0 aliphatic heterocycles. The van der Waals surface area contributed by atoms with Crippen LogP contribution in [-0.4, -0.2) is 35.6 Å². The summed E-state index contributed by atoms with van der Waals surface area (Å²) < 4.78 is 39.8. The van der Waals surface area contributed by atoms with Crippen molar-refractivity contribution in [1.82, 2.24) is 0 Å². The van der Waals surface area contributed by atoms with Gasteiger partial charge in [0.05, 0.1) is 20.3 Å². The Labute approximate surface area is 181 Å². The molecule has 2 aromatic rings. The second-order valence-electron chi connectivity index (χ2n) is 8.06. The minimum Gasteiger partial charge on any atom is -0.494 e. The van der Waals surface area contributed by atoms with Crippen LogP contribution in [0.4, 0.5) is 4.39 Å². The quantitative estimate of drug-likeness (QED) is 0.369. The van der Waals surface area contributed by atoms with Gasteiger partial charge in [0.1, 0.15) is 5.75 Å². The van der Waals surface area contributed by atoms with Crippen LogP contribution < -0.4 is 15.2 Å². The first-order valence-electron chi connectivity index (χ1n) is 10.2. The first-order chi connectivity index (χ1) is 14.7. The predicted molar refractivity (Wildman–Crippen MR) is 115 cm³/mol. The maximum absolute atomic E-state index is 13.5. The standard InChI is InChI=1S/C22H29FNO6P/c1-28-21-13-16(4-9-20(21)23)3-2-12-29-19-7-5-17(6-8-19)18-10-11-22(24,14-18)15-30-31(25,26)27/h4-9,13,18H,2-3,10-12,14-15,24H2,1H3,(H2,25,26,27)/t18-,22-/m1/s1. The molecule has 1 aliphatic carbocycles. The molecule has 4 N–H and O–H groups in total. The van der Waals surface area contributed by atoms with Crippen molar-refractivity contribution in [2.75, 3.05) is 20.3 Å². The lowest BCUT2D eigenvalue weighted by molar-refractivity contribution is 0.153. The molecule has 31 heavy (non-hydrogen) atoms. The molecule has 0 amide bonds. The summed E-state index contributed by atoms with van der Waals surface area (Å²) in [4.78, 5) is 17.8. The van der Waals surface area contributed by atoms with Gasteiger partial charge in [0.2, 0.25) is 0 Å². The van der Waals surface area contributed by atoms with Crippen molar-refractivity contribution in [3.05, 3.63) is 59.4 Å². The molecular formula is C22H29FNO6P. The molecule has 0 bridgehead atoms. The highest BCUT2D eigenvalue weighted by atomic mass is 31.2. The van der Waals surface area contributed by atoms with E-state index in [0.29, 0.717) is 19.4 Å². The summed E-state index contributed by atoms with van der Waals surface area (Å²) in [6, 6.07) is 12.7. The van der Waals surface area contributed by atoms with Crippen LogP contribution in [0.1, 0.15) is 42.7 Å². The van der Waals surface area contributed by atoms with Crippen LogP contribution in [0.15, 0.2) is 42.5 Å². The van der Waals surface area contributed by atoms with E-state index in [1.807, 2.05) is 24.3 Å². The number of aryl methyl sites for hydroxylation is 1. The third kappa shape index (κ3) is 7.02. The molecule has 0 aromatic heterocycles. The minimum absolute atomic E-state index is 0.158. The zero-order chi connectivity index (χ0) is 22.5. The Kier molecular flexibility index (Phi) is 7.73. The zero-order valence-electron chi connectivity index (χ0n) is 17.5. The molecule has 7 nitrogen and oxygen atoms in total. The van der Waals surface area contributed by atoms with Gasteiger partial charge in [-0.05, 0) is 73.4 Å². The number of phosphoric acid groups is 1. The van der Waals surface area contributed by atoms with Gasteiger partial charge in [-0.3, -0.25) is 4.52 Å². The first kappa shape index (κ1) is 23.7. The summed E-state index contributed by atoms with van der Waals surface area (Å²) in [5.41, 5.74) is 7.64. The minimum atomic E-state index is -4.52. The summed E-state index contributed by atoms with van der Waals surface area (Å²) in [5.74, 6) is 0.858. The molecule has 1 saturated carbocycles. The Morgan fingerprint density at radius 2 is 1.97 bits per heavy atom. The van der Waals surface area contributed by atoms with Gasteiger partial charge in [-0.15, -0.1) is 0 Å². The molecule has 1 aliphatic rings. The third-order valence-electron chi connectivity index (χ3n) is 5.61. The first-order valence-corrected chi connectivity index (χ1v) is 11.7. The number of nitrogens with two attached hydrogens (primary N) is 1. The fraction of sp³-hybridized carbons (Fsp3) is 0.455. The normalized spacial score (nSPS) is 21.3. The van der Waals surface area contributed by atoms with Gasteiger partial charge in [0.25, 0.3) is 0 Å². The van der Waals surface area contributed by atoms with Gasteiger partial charge in [-0.2, -0.15) is 0 Å². The number of benzene rings is 2. The van der Waals surface area contributed by atoms with Crippen molar-refractivity contribution >= 4 is 7.82 Å². The molecule has 9 heteroatoms. The fourth-order valence-corrected chi connectivity index (χ4v) is 4.37. The molecule has 0 radical (unpaired) electrons. The molecule has 0 unspecified atom stereocenters. The second kappa shape index (κ2) is 10.1. The van der Waals surface area contributed by atoms with Gasteiger partial charge in [0, 0.05) is 5.54 Å². The average Bonchev–Trinajstić information content (AvgIpc) is 3.13. The van der Waals surface area contributed by atoms with Gasteiger partial charge < -0.3 is 25.0 Å². The van der Waals surface area contributed by atoms with E-state index in [0.717, 1.165) is 36.1 Å². The van der Waals surface area contributed by atoms with E-state index in [9.17, 15) is 8.96 Å². The van der Waals surface area contributed by atoms with E-state index in [2.05, 4.69) is 4.52 Å². The summed E-state index contributed by atoms with van der Waals surface area (Å²) in [6.07, 6.45) is 3.63. The highest BCUT2D eigenvalue weighted by Crippen LogP contribution is 2.43. The highest BCUT2D eigenvalue weighted by Gasteiger charge is 2.38. The van der Waals surface area contributed by atoms with Crippen molar-refractivity contribution in [2.24, 2.45) is 5.73 Å². The Morgan fingerprint density at radius 3 is 2.65 bits per heavy atom. The Bertz CT molecular complexity index is 919. The SMILES string of the molecule is COc1cc(CCCOc2ccc([C@@H]3CC[C@](N)(COP(=O)(O)O)C3)cc2)ccc1F. The molecule has 3 rings (SSSR count). The van der Waals surface area contributed by atoms with Crippen LogP contribution in [0.5, 0.6) is 11.5 Å². The lowest BCUT2D eigenvalue weighted by atomic mass is 9.94. The summed E-state index contributed by atoms with van der Waals surface area (Å²) in [5, 5.41) is 0. The number of rotatable bonds is 10. The predicted octanol–water partition coefficient (Wildman–Crippen LogP) is 3.92. The van der Waals surface area contributed by atoms with Crippen LogP contribution in [0.2, 0.25) is 0 Å². The van der Waals surface area contributed by atoms with E-state index in [4.69, 9.17) is 25.0 Å². The lowest BCUT2D eigenvalue weighted by Crippen LogP contribution is -2.41. The zero-order valence-corrected chi connectivity index (χ0v) is 18.4. The molecule has 2 aromatic carbocycles. The Morgan fingerprint density at radius 1 is 1.23 bits per heavy atom. The number of hydrogen-bond acceptors (Lipinski definition) is 5. The van der Waals surface area contributed by atoms with Crippen molar-refractivity contribution < 1.29 is 32.7 Å². The number of hydrogen-bond donors (Lipinski definition) is 3. The van der Waals surface area contributed by atoms with E-state index < -0.39 is 13.4 Å². The van der Waals surface area contributed by atoms with Crippen LogP contribution in [0.25, 0.3) is 0 Å². The molecular weight excluding hydrogens is 424 g/mol. The van der Waals surface area contributed by atoms with Crippen molar-refractivity contribution in [3.63, 3.8) is 0 Å². The maximum atomic E-state index is 13.5. The number of phosphoric ester groups is 1. The smallest absolute Gasteiger partial charge is 0.469 e. The largest absolute Gasteiger partial charge is 0.494 e. The van der Waals surface area contributed by atoms with Gasteiger partial charge in [-0.25, -0.2) is 8.96 Å². The highest BCUT2D eigenvalue weighted by molar-refractivity contribution is 7.46. The van der Waals surface area contributed by atoms with E-state index in [1.165, 1.54) is 13.2 Å². The van der Waals surface area contributed by atoms with Crippen LogP contribution in [-0.2, 0) is 15.5 Å². The lowest BCUT2D eigenvalue weighted by Gasteiger charge is -2.24. The summed E-state index contributed by atoms with van der Waals surface area (Å²) >= 11 is 0. The second-order valence-corrected chi connectivity index (χ2v) is 9.30. The summed E-state index contributed by atoms with van der Waals surface area (Å²) in [7, 11) is -3.07.